The molecule has 0 saturated heterocycles. The zero-order valence-corrected chi connectivity index (χ0v) is 8.71. The molecule has 0 aromatic carbocycles. The lowest BCUT2D eigenvalue weighted by molar-refractivity contribution is -0.275. The summed E-state index contributed by atoms with van der Waals surface area (Å²) in [6, 6.07) is 0. The molecule has 0 aliphatic heterocycles. The smallest absolute Gasteiger partial charge is 0.503 e. The van der Waals surface area contributed by atoms with Crippen LogP contribution in [0.3, 0.4) is 0 Å². The van der Waals surface area contributed by atoms with Crippen LogP contribution in [0, 0.1) is 0 Å². The minimum absolute atomic E-state index is 0.309. The predicted molar refractivity (Wildman–Crippen MR) is 49.1 cm³/mol. The fourth-order valence-corrected chi connectivity index (χ4v) is 1.19. The number of hydrogen-bond acceptors (Lipinski definition) is 4. The van der Waals surface area contributed by atoms with E-state index in [-0.39, 0.29) is 11.6 Å². The van der Waals surface area contributed by atoms with E-state index in [2.05, 4.69) is 9.72 Å². The number of carboxylic acid groups (broad SMARTS) is 1. The Hall–Kier alpha value is -1.70. The van der Waals surface area contributed by atoms with Crippen LogP contribution in [-0.4, -0.2) is 27.5 Å². The van der Waals surface area contributed by atoms with E-state index in [1.165, 1.54) is 0 Å². The number of aromatic carboxylic acids is 1. The molecule has 0 atom stereocenters. The number of halogens is 4. The molecular weight excluding hydrogens is 267 g/mol. The number of aromatic hydroxyl groups is 1. The lowest BCUT2D eigenvalue weighted by Crippen LogP contribution is -2.19. The lowest BCUT2D eigenvalue weighted by atomic mass is 10.2. The lowest BCUT2D eigenvalue weighted by Gasteiger charge is -2.13. The van der Waals surface area contributed by atoms with E-state index in [0.29, 0.717) is 6.20 Å². The summed E-state index contributed by atoms with van der Waals surface area (Å²) in [6.07, 6.45) is -4.51. The highest BCUT2D eigenvalue weighted by Gasteiger charge is 2.35. The van der Waals surface area contributed by atoms with Crippen LogP contribution in [0.1, 0.15) is 16.1 Å². The highest BCUT2D eigenvalue weighted by molar-refractivity contribution is 6.17. The van der Waals surface area contributed by atoms with Gasteiger partial charge >= 0.3 is 12.3 Å². The number of hydrogen-bond donors (Lipinski definition) is 2. The molecule has 0 fully saturated rings. The van der Waals surface area contributed by atoms with E-state index in [0.717, 1.165) is 0 Å². The van der Waals surface area contributed by atoms with Gasteiger partial charge in [0.05, 0.1) is 5.88 Å². The van der Waals surface area contributed by atoms with Crippen LogP contribution < -0.4 is 4.74 Å². The topological polar surface area (TPSA) is 79.7 Å². The molecule has 0 aliphatic carbocycles. The number of carbonyl (C=O) groups is 1. The van der Waals surface area contributed by atoms with E-state index >= 15 is 0 Å². The van der Waals surface area contributed by atoms with Crippen LogP contribution in [0.15, 0.2) is 6.20 Å². The summed E-state index contributed by atoms with van der Waals surface area (Å²) in [5.74, 6) is -4.37. The molecule has 1 rings (SSSR count). The summed E-state index contributed by atoms with van der Waals surface area (Å²) in [7, 11) is 0. The van der Waals surface area contributed by atoms with Crippen LogP contribution >= 0.6 is 11.6 Å². The van der Waals surface area contributed by atoms with Crippen molar-refractivity contribution >= 4 is 17.6 Å². The molecule has 0 amide bonds. The summed E-state index contributed by atoms with van der Waals surface area (Å²) in [6.45, 7) is 0. The second-order valence-corrected chi connectivity index (χ2v) is 3.05. The van der Waals surface area contributed by atoms with Gasteiger partial charge in [0.1, 0.15) is 11.3 Å². The number of carboxylic acids is 1. The van der Waals surface area contributed by atoms with Gasteiger partial charge in [0.15, 0.2) is 11.5 Å². The number of aromatic nitrogens is 1. The van der Waals surface area contributed by atoms with Crippen LogP contribution in [0.5, 0.6) is 11.5 Å². The highest BCUT2D eigenvalue weighted by Crippen LogP contribution is 2.36. The van der Waals surface area contributed by atoms with Crippen molar-refractivity contribution in [3.63, 3.8) is 0 Å². The monoisotopic (exact) mass is 271 g/mol. The van der Waals surface area contributed by atoms with Crippen molar-refractivity contribution < 1.29 is 32.9 Å². The third-order valence-corrected chi connectivity index (χ3v) is 1.91. The SMILES string of the molecule is O=C(O)c1cnc(CCl)c(O)c1OC(F)(F)F. The second-order valence-electron chi connectivity index (χ2n) is 2.78. The van der Waals surface area contributed by atoms with Gasteiger partial charge in [0.2, 0.25) is 0 Å². The van der Waals surface area contributed by atoms with Gasteiger partial charge in [-0.2, -0.15) is 0 Å². The van der Waals surface area contributed by atoms with Crippen molar-refractivity contribution in [2.45, 2.75) is 12.2 Å². The molecular formula is C8H5ClF3NO4. The third-order valence-electron chi connectivity index (χ3n) is 1.66. The average molecular weight is 272 g/mol. The first-order valence-electron chi connectivity index (χ1n) is 4.02. The van der Waals surface area contributed by atoms with Crippen molar-refractivity contribution in [1.82, 2.24) is 4.98 Å². The minimum Gasteiger partial charge on any atom is -0.503 e. The molecule has 1 heterocycles. The molecule has 0 aliphatic rings. The molecule has 17 heavy (non-hydrogen) atoms. The fourth-order valence-electron chi connectivity index (χ4n) is 0.990. The number of pyridine rings is 1. The third kappa shape index (κ3) is 3.13. The Labute approximate surface area is 97.4 Å². The summed E-state index contributed by atoms with van der Waals surface area (Å²) >= 11 is 5.30. The van der Waals surface area contributed by atoms with E-state index in [9.17, 15) is 23.1 Å². The number of ether oxygens (including phenoxy) is 1. The Bertz CT molecular complexity index is 449. The van der Waals surface area contributed by atoms with E-state index in [1.54, 1.807) is 0 Å². The standard InChI is InChI=1S/C8H5ClF3NO4/c9-1-4-5(14)6(17-8(10,11)12)3(2-13-4)7(15)16/h2,14H,1H2,(H,15,16). The van der Waals surface area contributed by atoms with Crippen LogP contribution in [0.4, 0.5) is 13.2 Å². The zero-order valence-electron chi connectivity index (χ0n) is 7.95. The Balaban J connectivity index is 3.35. The van der Waals surface area contributed by atoms with Gasteiger partial charge in [-0.1, -0.05) is 0 Å². The molecule has 1 aromatic heterocycles. The summed E-state index contributed by atoms with van der Waals surface area (Å²) in [4.78, 5) is 14.0. The summed E-state index contributed by atoms with van der Waals surface area (Å²) < 4.78 is 39.5. The molecule has 9 heteroatoms. The first-order chi connectivity index (χ1) is 7.76. The maximum absolute atomic E-state index is 12.0. The molecule has 0 spiro atoms. The maximum Gasteiger partial charge on any atom is 0.573 e. The van der Waals surface area contributed by atoms with Gasteiger partial charge in [0, 0.05) is 6.20 Å². The Morgan fingerprint density at radius 1 is 1.53 bits per heavy atom. The van der Waals surface area contributed by atoms with Crippen molar-refractivity contribution in [3.05, 3.63) is 17.5 Å². The first-order valence-corrected chi connectivity index (χ1v) is 4.55. The molecule has 94 valence electrons. The first kappa shape index (κ1) is 13.4. The zero-order chi connectivity index (χ0) is 13.2. The van der Waals surface area contributed by atoms with Gasteiger partial charge < -0.3 is 14.9 Å². The van der Waals surface area contributed by atoms with Gasteiger partial charge in [-0.15, -0.1) is 24.8 Å². The largest absolute Gasteiger partial charge is 0.573 e. The van der Waals surface area contributed by atoms with Crippen LogP contribution in [0.2, 0.25) is 0 Å². The Morgan fingerprint density at radius 2 is 2.12 bits per heavy atom. The summed E-state index contributed by atoms with van der Waals surface area (Å²) in [5, 5.41) is 18.0. The van der Waals surface area contributed by atoms with Crippen molar-refractivity contribution in [3.8, 4) is 11.5 Å². The average Bonchev–Trinajstić information content (AvgIpc) is 2.18. The van der Waals surface area contributed by atoms with Gasteiger partial charge in [-0.05, 0) is 0 Å². The fraction of sp³-hybridized carbons (Fsp3) is 0.250. The quantitative estimate of drug-likeness (QED) is 0.823. The molecule has 5 nitrogen and oxygen atoms in total. The Morgan fingerprint density at radius 3 is 2.53 bits per heavy atom. The number of alkyl halides is 4. The normalized spacial score (nSPS) is 11.3. The second kappa shape index (κ2) is 4.66. The van der Waals surface area contributed by atoms with Crippen molar-refractivity contribution in [1.29, 1.82) is 0 Å². The molecule has 1 aromatic rings. The van der Waals surface area contributed by atoms with Gasteiger partial charge in [0.25, 0.3) is 0 Å². The van der Waals surface area contributed by atoms with Crippen LogP contribution in [-0.2, 0) is 5.88 Å². The van der Waals surface area contributed by atoms with E-state index < -0.39 is 29.4 Å². The van der Waals surface area contributed by atoms with E-state index in [4.69, 9.17) is 16.7 Å². The van der Waals surface area contributed by atoms with Gasteiger partial charge in [-0.25, -0.2) is 4.79 Å². The van der Waals surface area contributed by atoms with Gasteiger partial charge in [-0.3, -0.25) is 4.98 Å². The molecule has 0 saturated carbocycles. The number of nitrogens with zero attached hydrogens (tertiary/aromatic N) is 1. The summed E-state index contributed by atoms with van der Waals surface area (Å²) in [5.41, 5.74) is -1.22. The van der Waals surface area contributed by atoms with E-state index in [1.807, 2.05) is 0 Å². The molecule has 0 bridgehead atoms. The van der Waals surface area contributed by atoms with Crippen molar-refractivity contribution in [2.75, 3.05) is 0 Å². The highest BCUT2D eigenvalue weighted by atomic mass is 35.5. The number of rotatable bonds is 3. The Kier molecular flexibility index (Phi) is 3.66. The molecule has 0 radical (unpaired) electrons. The predicted octanol–water partition coefficient (Wildman–Crippen LogP) is 2.12. The minimum atomic E-state index is -5.13. The van der Waals surface area contributed by atoms with Crippen LogP contribution in [0.25, 0.3) is 0 Å². The maximum atomic E-state index is 12.0. The molecule has 0 unspecified atom stereocenters. The van der Waals surface area contributed by atoms with Crippen molar-refractivity contribution in [2.24, 2.45) is 0 Å². The molecule has 2 N–H and O–H groups in total.